The van der Waals surface area contributed by atoms with Crippen LogP contribution in [0.2, 0.25) is 0 Å². The number of ether oxygens (including phenoxy) is 13. The van der Waals surface area contributed by atoms with Gasteiger partial charge in [0.1, 0.15) is 125 Å². The predicted molar refractivity (Wildman–Crippen MR) is 352 cm³/mol. The largest absolute Gasteiger partial charge is 0.455 e. The summed E-state index contributed by atoms with van der Waals surface area (Å²) < 4.78 is 79.0. The number of hydrogen-bond acceptors (Lipinski definition) is 30. The fraction of sp³-hybridized carbons (Fsp3) is 0.762. The second kappa shape index (κ2) is 34.1. The maximum atomic E-state index is 14.2. The quantitative estimate of drug-likeness (QED) is 0.0162. The first-order chi connectivity index (χ1) is 47.5. The zero-order chi connectivity index (χ0) is 77.2. The van der Waals surface area contributed by atoms with Crippen molar-refractivity contribution in [2.75, 3.05) is 19.7 Å². The monoisotopic (exact) mass is 1470 g/mol. The van der Waals surface area contributed by atoms with Gasteiger partial charge in [-0.25, -0.2) is 38.2 Å². The number of carbonyl (C=O) groups is 7. The number of carbonyl (C=O) groups excluding carboxylic acids is 7. The van der Waals surface area contributed by atoms with Gasteiger partial charge in [0.25, 0.3) is 5.69 Å². The molecule has 103 heavy (non-hydrogen) atoms. The average molecular weight is 1470 g/mol. The Labute approximate surface area is 593 Å². The van der Waals surface area contributed by atoms with Crippen molar-refractivity contribution in [1.29, 1.82) is 0 Å². The fourth-order valence-corrected chi connectivity index (χ4v) is 10.9. The number of aliphatic hydroxyl groups excluding tert-OH is 5. The molecule has 0 spiro atoms. The number of amides is 6. The van der Waals surface area contributed by atoms with Crippen molar-refractivity contribution >= 4 is 48.2 Å². The van der Waals surface area contributed by atoms with E-state index in [0.29, 0.717) is 0 Å². The van der Waals surface area contributed by atoms with E-state index in [4.69, 9.17) is 61.6 Å². The summed E-state index contributed by atoms with van der Waals surface area (Å²) in [7, 11) is 0. The van der Waals surface area contributed by atoms with Crippen molar-refractivity contribution in [2.45, 2.75) is 287 Å². The molecule has 4 heterocycles. The van der Waals surface area contributed by atoms with Crippen LogP contribution >= 0.6 is 0 Å². The van der Waals surface area contributed by atoms with Crippen molar-refractivity contribution in [3.63, 3.8) is 0 Å². The van der Waals surface area contributed by atoms with Crippen LogP contribution < -0.4 is 31.9 Å². The third-order valence-corrected chi connectivity index (χ3v) is 14.9. The van der Waals surface area contributed by atoms with Gasteiger partial charge in [-0.1, -0.05) is 10.3 Å². The van der Waals surface area contributed by atoms with E-state index < -0.39 is 230 Å². The Morgan fingerprint density at radius 2 is 1.00 bits per heavy atom. The van der Waals surface area contributed by atoms with Crippen LogP contribution in [0.3, 0.4) is 0 Å². The summed E-state index contributed by atoms with van der Waals surface area (Å²) in [6.45, 7) is 25.2. The molecule has 40 heteroatoms. The van der Waals surface area contributed by atoms with Gasteiger partial charge < -0.3 is 119 Å². The minimum atomic E-state index is -2.18. The van der Waals surface area contributed by atoms with Gasteiger partial charge in [-0.2, -0.15) is 0 Å². The van der Waals surface area contributed by atoms with E-state index in [2.05, 4.69) is 52.2 Å². The smallest absolute Gasteiger partial charge is 0.408 e. The zero-order valence-corrected chi connectivity index (χ0v) is 60.7. The molecule has 11 N–H and O–H groups in total. The Kier molecular flexibility index (Phi) is 27.7. The lowest BCUT2D eigenvalue weighted by Gasteiger charge is -2.49. The summed E-state index contributed by atoms with van der Waals surface area (Å²) in [5, 5.41) is 99.1. The lowest BCUT2D eigenvalue weighted by Crippen LogP contribution is -2.71. The molecule has 3 saturated heterocycles. The number of non-ortho nitro benzene ring substituents is 1. The zero-order valence-electron chi connectivity index (χ0n) is 60.7. The van der Waals surface area contributed by atoms with Crippen LogP contribution in [0, 0.1) is 10.1 Å². The van der Waals surface area contributed by atoms with Gasteiger partial charge in [0.2, 0.25) is 0 Å². The van der Waals surface area contributed by atoms with Crippen LogP contribution in [0.1, 0.15) is 153 Å². The number of aliphatic hydroxyl groups is 5. The van der Waals surface area contributed by atoms with Crippen molar-refractivity contribution in [2.24, 2.45) is 5.11 Å². The molecule has 6 rings (SSSR count). The molecule has 6 amide bonds. The number of azide groups is 1. The van der Waals surface area contributed by atoms with Gasteiger partial charge in [0.05, 0.1) is 41.4 Å². The lowest BCUT2D eigenvalue weighted by atomic mass is 9.81. The molecular formula is C63H99N13O27. The minimum Gasteiger partial charge on any atom is -0.455 e. The summed E-state index contributed by atoms with van der Waals surface area (Å²) in [5.74, 6) is -0.923. The molecular weight excluding hydrogens is 1370 g/mol. The average Bonchev–Trinajstić information content (AvgIpc) is 1.75. The van der Waals surface area contributed by atoms with Crippen LogP contribution in [0.4, 0.5) is 34.5 Å². The highest BCUT2D eigenvalue weighted by Gasteiger charge is 2.58. The Bertz CT molecular complexity index is 3300. The fourth-order valence-electron chi connectivity index (χ4n) is 10.9. The van der Waals surface area contributed by atoms with Crippen LogP contribution in [0.5, 0.6) is 0 Å². The van der Waals surface area contributed by atoms with Gasteiger partial charge in [0.15, 0.2) is 18.9 Å². The van der Waals surface area contributed by atoms with Crippen LogP contribution in [-0.2, 0) is 68.2 Å². The van der Waals surface area contributed by atoms with Crippen LogP contribution in [0.15, 0.2) is 35.6 Å². The highest BCUT2D eigenvalue weighted by molar-refractivity contribution is 5.89. The Morgan fingerprint density at radius 3 is 1.48 bits per heavy atom. The third-order valence-electron chi connectivity index (χ3n) is 14.9. The van der Waals surface area contributed by atoms with E-state index in [1.54, 1.807) is 83.1 Å². The first-order valence-corrected chi connectivity index (χ1v) is 33.1. The highest BCUT2D eigenvalue weighted by atomic mass is 16.8. The Balaban J connectivity index is 1.49. The maximum Gasteiger partial charge on any atom is 0.408 e. The molecule has 1 aromatic carbocycles. The van der Waals surface area contributed by atoms with E-state index in [1.807, 2.05) is 0 Å². The van der Waals surface area contributed by atoms with Gasteiger partial charge in [-0.15, -0.1) is 5.10 Å². The van der Waals surface area contributed by atoms with Gasteiger partial charge in [-0.3, -0.25) is 10.1 Å². The van der Waals surface area contributed by atoms with E-state index in [-0.39, 0.29) is 16.9 Å². The molecule has 0 unspecified atom stereocenters. The van der Waals surface area contributed by atoms with E-state index >= 15 is 0 Å². The number of esters is 1. The molecule has 19 atom stereocenters. The summed E-state index contributed by atoms with van der Waals surface area (Å²) in [6.07, 6.45) is -30.6. The van der Waals surface area contributed by atoms with Crippen LogP contribution in [-0.4, -0.2) is 251 Å². The Hall–Kier alpha value is -8.28. The molecule has 4 fully saturated rings. The molecule has 0 radical (unpaired) electrons. The number of hydrogen-bond donors (Lipinski definition) is 11. The first-order valence-electron chi connectivity index (χ1n) is 33.1. The second-order valence-electron chi connectivity index (χ2n) is 30.7. The number of nitro groups is 1. The van der Waals surface area contributed by atoms with Crippen molar-refractivity contribution in [3.8, 4) is 0 Å². The third kappa shape index (κ3) is 25.2. The Morgan fingerprint density at radius 1 is 0.573 bits per heavy atom. The lowest BCUT2D eigenvalue weighted by molar-refractivity contribution is -0.384. The number of nitro benzene ring substituents is 1. The molecule has 1 aliphatic carbocycles. The minimum absolute atomic E-state index is 0.0600. The standard InChI is InChI=1S/C63H99N13O27/c1-58(2,3)98-52(83)65-24-34-41(78)40(75-26-30(71-74-75)28-91-48(82)29-19-21-31(22-20-29)76(89)90)38(69-56(87)102-62(13,14)15)49(92-34)96-46-36(27-77)94-51(44(46)81)97-47-37(68-55(86)101-61(10,11)12)32(72-73-64)23-33(67-54(85)100-60(7,8)9)45(47)95-50-39(70-57(88)103-63(16,17)18)43(80)42(79)35(93-50)25-66-53(84)99-59(4,5)6/h19-22,26,32-47,49-51,77-81H,23-25,27-28H2,1-18H3,(H,65,83)(H,66,84)(H,67,85)(H,68,86)(H,69,87)(H,70,88)/t32-,33-,34-,35+,36+,37+,38+,39+,40+,41+,42+,43+,44+,45+,46+,47+,49+,50+,51-/m0/s1. The molecule has 0 bridgehead atoms. The molecule has 4 aliphatic rings. The number of nitrogens with zero attached hydrogens (tertiary/aromatic N) is 7. The maximum absolute atomic E-state index is 14.2. The number of nitrogens with one attached hydrogen (secondary N) is 6. The topological polar surface area (TPSA) is 535 Å². The summed E-state index contributed by atoms with van der Waals surface area (Å²) in [4.78, 5) is 109. The summed E-state index contributed by atoms with van der Waals surface area (Å²) in [5.41, 5.74) is 3.02. The normalized spacial score (nSPS) is 29.1. The first kappa shape index (κ1) is 83.7. The van der Waals surface area contributed by atoms with Gasteiger partial charge in [-0.05, 0) is 149 Å². The van der Waals surface area contributed by atoms with Gasteiger partial charge in [0, 0.05) is 30.1 Å². The van der Waals surface area contributed by atoms with Gasteiger partial charge >= 0.3 is 42.5 Å². The van der Waals surface area contributed by atoms with E-state index in [0.717, 1.165) is 16.8 Å². The summed E-state index contributed by atoms with van der Waals surface area (Å²) >= 11 is 0. The van der Waals surface area contributed by atoms with Crippen molar-refractivity contribution in [1.82, 2.24) is 46.9 Å². The molecule has 3 aliphatic heterocycles. The molecule has 578 valence electrons. The van der Waals surface area contributed by atoms with E-state index in [1.165, 1.54) is 59.9 Å². The predicted octanol–water partition coefficient (Wildman–Crippen LogP) is 3.56. The highest BCUT2D eigenvalue weighted by Crippen LogP contribution is 2.39. The number of alkyl carbamates (subject to hydrolysis) is 6. The summed E-state index contributed by atoms with van der Waals surface area (Å²) in [6, 6.07) is -5.40. The number of aromatic nitrogens is 3. The molecule has 2 aromatic rings. The molecule has 1 aromatic heterocycles. The number of rotatable bonds is 21. The van der Waals surface area contributed by atoms with Crippen molar-refractivity contribution in [3.05, 3.63) is 62.3 Å². The van der Waals surface area contributed by atoms with Crippen molar-refractivity contribution < 1.29 is 126 Å². The number of benzene rings is 1. The van der Waals surface area contributed by atoms with Crippen LogP contribution in [0.25, 0.3) is 10.4 Å². The van der Waals surface area contributed by atoms with E-state index in [9.17, 15) is 74.7 Å². The second-order valence-corrected chi connectivity index (χ2v) is 30.7. The molecule has 1 saturated carbocycles. The molecule has 40 nitrogen and oxygen atoms in total. The SMILES string of the molecule is CC(C)(C)OC(=O)NC[C@@H]1O[C@H](O[C@H]2[C@@H](O)[C@H](O[C@@H]3[C@H](NC(=O)OC(C)(C)C)[C@@H](N=[N+]=[N-])C[C@H](NC(=O)OC(C)(C)C)[C@H]3O[C@H]3O[C@H](CNC(=O)OC(C)(C)C)[C@@H](O)[C@H](O)[C@H]3NC(=O)OC(C)(C)C)O[C@@H]2CO)[C@H](NC(=O)OC(C)(C)C)[C@@H](n2cc(COC(=O)c3ccc([N+](=O)[O-])cc3)nn2)[C@@H]1O.